The summed E-state index contributed by atoms with van der Waals surface area (Å²) in [5.74, 6) is 1.92. The third kappa shape index (κ3) is 4.67. The van der Waals surface area contributed by atoms with Crippen molar-refractivity contribution >= 4 is 5.95 Å². The van der Waals surface area contributed by atoms with Crippen molar-refractivity contribution in [2.45, 2.75) is 6.42 Å². The Hall–Kier alpha value is -3.15. The highest BCUT2D eigenvalue weighted by Crippen LogP contribution is 2.20. The molecule has 0 aliphatic heterocycles. The van der Waals surface area contributed by atoms with Crippen LogP contribution in [0, 0.1) is 5.82 Å². The first-order valence-electron chi connectivity index (χ1n) is 7.87. The van der Waals surface area contributed by atoms with Crippen LogP contribution in [0.4, 0.5) is 10.3 Å². The predicted octanol–water partition coefficient (Wildman–Crippen LogP) is 4.07. The zero-order valence-electron chi connectivity index (χ0n) is 13.8. The third-order valence-corrected chi connectivity index (χ3v) is 3.54. The van der Waals surface area contributed by atoms with Gasteiger partial charge in [-0.05, 0) is 42.3 Å². The number of benzene rings is 2. The van der Waals surface area contributed by atoms with Gasteiger partial charge in [0, 0.05) is 18.8 Å². The van der Waals surface area contributed by atoms with Gasteiger partial charge in [-0.15, -0.1) is 0 Å². The number of para-hydroxylation sites is 1. The summed E-state index contributed by atoms with van der Waals surface area (Å²) in [5, 5.41) is 3.16. The van der Waals surface area contributed by atoms with E-state index in [4.69, 9.17) is 9.47 Å². The van der Waals surface area contributed by atoms with E-state index in [2.05, 4.69) is 15.3 Å². The number of ether oxygens (including phenoxy) is 2. The van der Waals surface area contributed by atoms with Crippen molar-refractivity contribution in [3.63, 3.8) is 0 Å². The predicted molar refractivity (Wildman–Crippen MR) is 93.7 cm³/mol. The van der Waals surface area contributed by atoms with Crippen LogP contribution < -0.4 is 14.8 Å². The van der Waals surface area contributed by atoms with E-state index in [0.717, 1.165) is 17.7 Å². The summed E-state index contributed by atoms with van der Waals surface area (Å²) < 4.78 is 23.9. The normalized spacial score (nSPS) is 10.3. The number of hydrogen-bond donors (Lipinski definition) is 1. The number of nitrogens with zero attached hydrogens (tertiary/aromatic N) is 2. The maximum Gasteiger partial charge on any atom is 0.225 e. The van der Waals surface area contributed by atoms with Crippen LogP contribution in [0.15, 0.2) is 60.8 Å². The largest absolute Gasteiger partial charge is 0.496 e. The zero-order valence-corrected chi connectivity index (χ0v) is 13.8. The molecule has 6 heteroatoms. The fraction of sp³-hybridized carbons (Fsp3) is 0.158. The smallest absolute Gasteiger partial charge is 0.225 e. The van der Waals surface area contributed by atoms with E-state index >= 15 is 0 Å². The number of nitrogens with one attached hydrogen (secondary N) is 1. The summed E-state index contributed by atoms with van der Waals surface area (Å²) in [6, 6.07) is 15.3. The molecule has 1 heterocycles. The van der Waals surface area contributed by atoms with E-state index < -0.39 is 0 Å². The van der Waals surface area contributed by atoms with E-state index in [1.807, 2.05) is 24.3 Å². The summed E-state index contributed by atoms with van der Waals surface area (Å²) in [6.07, 6.45) is 2.38. The Balaban J connectivity index is 1.59. The maximum absolute atomic E-state index is 12.9. The van der Waals surface area contributed by atoms with E-state index in [9.17, 15) is 4.39 Å². The molecule has 0 unspecified atom stereocenters. The Bertz CT molecular complexity index is 825. The molecule has 0 bridgehead atoms. The van der Waals surface area contributed by atoms with E-state index in [0.29, 0.717) is 24.1 Å². The first-order valence-corrected chi connectivity index (χ1v) is 7.87. The highest BCUT2D eigenvalue weighted by molar-refractivity contribution is 5.35. The van der Waals surface area contributed by atoms with Crippen LogP contribution in [0.2, 0.25) is 0 Å². The van der Waals surface area contributed by atoms with Crippen molar-refractivity contribution in [3.8, 4) is 17.4 Å². The lowest BCUT2D eigenvalue weighted by atomic mass is 10.1. The summed E-state index contributed by atoms with van der Waals surface area (Å²) >= 11 is 0. The molecule has 0 saturated heterocycles. The van der Waals surface area contributed by atoms with Crippen molar-refractivity contribution in [2.75, 3.05) is 19.0 Å². The minimum atomic E-state index is -0.311. The number of anilines is 1. The highest BCUT2D eigenvalue weighted by Gasteiger charge is 2.04. The van der Waals surface area contributed by atoms with Crippen molar-refractivity contribution in [2.24, 2.45) is 0 Å². The monoisotopic (exact) mass is 339 g/mol. The van der Waals surface area contributed by atoms with Crippen LogP contribution in [0.25, 0.3) is 0 Å². The van der Waals surface area contributed by atoms with Crippen LogP contribution in [0.3, 0.4) is 0 Å². The topological polar surface area (TPSA) is 56.3 Å². The lowest BCUT2D eigenvalue weighted by molar-refractivity contribution is 0.410. The molecular formula is C19H18FN3O2. The first-order chi connectivity index (χ1) is 12.2. The Morgan fingerprint density at radius 3 is 2.64 bits per heavy atom. The number of methoxy groups -OCH3 is 1. The molecule has 128 valence electrons. The molecule has 5 nitrogen and oxygen atoms in total. The van der Waals surface area contributed by atoms with Gasteiger partial charge in [-0.25, -0.2) is 9.37 Å². The highest BCUT2D eigenvalue weighted by atomic mass is 19.1. The van der Waals surface area contributed by atoms with Crippen LogP contribution in [0.5, 0.6) is 17.4 Å². The van der Waals surface area contributed by atoms with Gasteiger partial charge in [0.15, 0.2) is 0 Å². The fourth-order valence-electron chi connectivity index (χ4n) is 2.33. The molecule has 1 N–H and O–H groups in total. The molecule has 0 spiro atoms. The molecule has 3 rings (SSSR count). The van der Waals surface area contributed by atoms with Gasteiger partial charge in [-0.3, -0.25) is 0 Å². The Morgan fingerprint density at radius 2 is 1.84 bits per heavy atom. The van der Waals surface area contributed by atoms with Gasteiger partial charge in [-0.2, -0.15) is 4.98 Å². The van der Waals surface area contributed by atoms with Gasteiger partial charge < -0.3 is 14.8 Å². The van der Waals surface area contributed by atoms with Gasteiger partial charge in [0.05, 0.1) is 7.11 Å². The molecule has 0 atom stereocenters. The van der Waals surface area contributed by atoms with Gasteiger partial charge in [-0.1, -0.05) is 18.2 Å². The maximum atomic E-state index is 12.9. The molecule has 1 aromatic heterocycles. The van der Waals surface area contributed by atoms with Gasteiger partial charge in [0.25, 0.3) is 0 Å². The SMILES string of the molecule is COc1ccccc1CCNc1nccc(Oc2ccc(F)cc2)n1. The van der Waals surface area contributed by atoms with Crippen LogP contribution in [0.1, 0.15) is 5.56 Å². The van der Waals surface area contributed by atoms with Crippen molar-refractivity contribution < 1.29 is 13.9 Å². The number of hydrogen-bond acceptors (Lipinski definition) is 5. The zero-order chi connectivity index (χ0) is 17.5. The molecule has 0 aliphatic carbocycles. The number of aromatic nitrogens is 2. The second-order valence-corrected chi connectivity index (χ2v) is 5.26. The van der Waals surface area contributed by atoms with Crippen molar-refractivity contribution in [1.82, 2.24) is 9.97 Å². The minimum absolute atomic E-state index is 0.311. The second kappa shape index (κ2) is 8.10. The lowest BCUT2D eigenvalue weighted by Crippen LogP contribution is -2.08. The average Bonchev–Trinajstić information content (AvgIpc) is 2.64. The third-order valence-electron chi connectivity index (χ3n) is 3.54. The van der Waals surface area contributed by atoms with Gasteiger partial charge in [0.2, 0.25) is 11.8 Å². The molecule has 0 fully saturated rings. The second-order valence-electron chi connectivity index (χ2n) is 5.26. The average molecular weight is 339 g/mol. The quantitative estimate of drug-likeness (QED) is 0.703. The van der Waals surface area contributed by atoms with Gasteiger partial charge >= 0.3 is 0 Å². The summed E-state index contributed by atoms with van der Waals surface area (Å²) in [5.41, 5.74) is 1.11. The van der Waals surface area contributed by atoms with Crippen molar-refractivity contribution in [1.29, 1.82) is 0 Å². The molecule has 2 aromatic carbocycles. The summed E-state index contributed by atoms with van der Waals surface area (Å²) in [6.45, 7) is 0.653. The molecule has 0 saturated carbocycles. The molecule has 0 aliphatic rings. The van der Waals surface area contributed by atoms with Crippen LogP contribution in [-0.2, 0) is 6.42 Å². The van der Waals surface area contributed by atoms with E-state index in [1.54, 1.807) is 31.5 Å². The molecule has 0 radical (unpaired) electrons. The summed E-state index contributed by atoms with van der Waals surface area (Å²) in [7, 11) is 1.66. The Kier molecular flexibility index (Phi) is 5.41. The number of halogens is 1. The van der Waals surface area contributed by atoms with E-state index in [-0.39, 0.29) is 5.82 Å². The standard InChI is InChI=1S/C19H18FN3O2/c1-24-17-5-3-2-4-14(17)10-12-21-19-22-13-11-18(23-19)25-16-8-6-15(20)7-9-16/h2-9,11,13H,10,12H2,1H3,(H,21,22,23). The Labute approximate surface area is 145 Å². The Morgan fingerprint density at radius 1 is 1.04 bits per heavy atom. The van der Waals surface area contributed by atoms with Crippen LogP contribution >= 0.6 is 0 Å². The fourth-order valence-corrected chi connectivity index (χ4v) is 2.33. The van der Waals surface area contributed by atoms with Gasteiger partial charge in [0.1, 0.15) is 17.3 Å². The molecule has 25 heavy (non-hydrogen) atoms. The number of rotatable bonds is 7. The van der Waals surface area contributed by atoms with Crippen molar-refractivity contribution in [3.05, 3.63) is 72.2 Å². The van der Waals surface area contributed by atoms with Crippen LogP contribution in [-0.4, -0.2) is 23.6 Å². The molecule has 0 amide bonds. The minimum Gasteiger partial charge on any atom is -0.496 e. The lowest BCUT2D eigenvalue weighted by Gasteiger charge is -2.10. The van der Waals surface area contributed by atoms with E-state index in [1.165, 1.54) is 12.1 Å². The first kappa shape index (κ1) is 16.7. The molecular weight excluding hydrogens is 321 g/mol. The molecule has 3 aromatic rings. The summed E-state index contributed by atoms with van der Waals surface area (Å²) in [4.78, 5) is 8.47.